The quantitative estimate of drug-likeness (QED) is 0.259. The number of benzene rings is 1. The molecule has 27 heavy (non-hydrogen) atoms. The molecule has 1 atom stereocenters. The zero-order valence-electron chi connectivity index (χ0n) is 17.0. The number of ether oxygens (including phenoxy) is 4. The minimum Gasteiger partial charge on any atom is -0.493 e. The van der Waals surface area contributed by atoms with Crippen molar-refractivity contribution in [2.24, 2.45) is 5.92 Å². The van der Waals surface area contributed by atoms with Gasteiger partial charge in [0.2, 0.25) is 0 Å². The molecule has 0 heterocycles. The Bertz CT molecular complexity index is 646. The molecular weight excluding hydrogens is 344 g/mol. The van der Waals surface area contributed by atoms with Crippen LogP contribution in [0.25, 0.3) is 0 Å². The summed E-state index contributed by atoms with van der Waals surface area (Å²) in [6.45, 7) is 9.95. The number of carbonyl (C=O) groups is 1. The van der Waals surface area contributed by atoms with E-state index in [1.54, 1.807) is 14.0 Å². The van der Waals surface area contributed by atoms with Crippen molar-refractivity contribution in [2.75, 3.05) is 20.5 Å². The molecule has 1 aliphatic rings. The summed E-state index contributed by atoms with van der Waals surface area (Å²) in [5.74, 6) is 1.50. The van der Waals surface area contributed by atoms with Crippen molar-refractivity contribution in [1.29, 1.82) is 0 Å². The largest absolute Gasteiger partial charge is 0.493 e. The van der Waals surface area contributed by atoms with Gasteiger partial charge < -0.3 is 18.9 Å². The van der Waals surface area contributed by atoms with Crippen LogP contribution in [0.1, 0.15) is 63.2 Å². The molecule has 0 N–H and O–H groups in total. The van der Waals surface area contributed by atoms with E-state index in [1.807, 2.05) is 26.0 Å². The number of hydrogen-bond acceptors (Lipinski definition) is 5. The highest BCUT2D eigenvalue weighted by Crippen LogP contribution is 2.35. The van der Waals surface area contributed by atoms with Crippen LogP contribution in [0.2, 0.25) is 0 Å². The van der Waals surface area contributed by atoms with Crippen molar-refractivity contribution in [3.05, 3.63) is 35.4 Å². The summed E-state index contributed by atoms with van der Waals surface area (Å²) in [6, 6.07) is 3.77. The van der Waals surface area contributed by atoms with Gasteiger partial charge >= 0.3 is 5.97 Å². The summed E-state index contributed by atoms with van der Waals surface area (Å²) >= 11 is 0. The highest BCUT2D eigenvalue weighted by atomic mass is 16.7. The highest BCUT2D eigenvalue weighted by Gasteiger charge is 2.18. The van der Waals surface area contributed by atoms with Crippen molar-refractivity contribution in [3.8, 4) is 11.5 Å². The first-order chi connectivity index (χ1) is 12.9. The third-order valence-corrected chi connectivity index (χ3v) is 4.95. The van der Waals surface area contributed by atoms with Gasteiger partial charge in [-0.05, 0) is 62.8 Å². The van der Waals surface area contributed by atoms with Crippen LogP contribution in [0.15, 0.2) is 24.3 Å². The molecule has 1 aliphatic carbocycles. The molecule has 0 spiro atoms. The maximum atomic E-state index is 11.7. The van der Waals surface area contributed by atoms with Crippen LogP contribution in [-0.4, -0.2) is 26.5 Å². The van der Waals surface area contributed by atoms with Crippen LogP contribution in [0.3, 0.4) is 0 Å². The van der Waals surface area contributed by atoms with E-state index in [9.17, 15) is 4.79 Å². The standard InChI is InChI=1S/C22H32O5/c1-15(2)22(23)27-17(4)19-11-16(3)21(20(12-19)24-5)26-14-25-13-18-9-7-6-8-10-18/h11-12,17-18H,1,6-10,13-14H2,2-5H3. The number of carbonyl (C=O) groups excluding carboxylic acids is 1. The van der Waals surface area contributed by atoms with E-state index in [0.29, 0.717) is 23.0 Å². The zero-order valence-corrected chi connectivity index (χ0v) is 17.0. The van der Waals surface area contributed by atoms with Crippen molar-refractivity contribution in [3.63, 3.8) is 0 Å². The van der Waals surface area contributed by atoms with Crippen LogP contribution >= 0.6 is 0 Å². The van der Waals surface area contributed by atoms with Crippen molar-refractivity contribution < 1.29 is 23.7 Å². The van der Waals surface area contributed by atoms with Crippen LogP contribution in [0.4, 0.5) is 0 Å². The van der Waals surface area contributed by atoms with Crippen LogP contribution < -0.4 is 9.47 Å². The lowest BCUT2D eigenvalue weighted by atomic mass is 9.90. The van der Waals surface area contributed by atoms with Crippen LogP contribution in [-0.2, 0) is 14.3 Å². The highest BCUT2D eigenvalue weighted by molar-refractivity contribution is 5.87. The van der Waals surface area contributed by atoms with Crippen LogP contribution in [0.5, 0.6) is 11.5 Å². The molecule has 1 unspecified atom stereocenters. The Morgan fingerprint density at radius 2 is 1.96 bits per heavy atom. The van der Waals surface area contributed by atoms with Gasteiger partial charge in [-0.2, -0.15) is 0 Å². The molecule has 2 rings (SSSR count). The second-order valence-corrected chi connectivity index (χ2v) is 7.33. The second-order valence-electron chi connectivity index (χ2n) is 7.33. The Labute approximate surface area is 162 Å². The molecule has 0 aliphatic heterocycles. The molecule has 1 aromatic rings. The minimum atomic E-state index is -0.407. The lowest BCUT2D eigenvalue weighted by molar-refractivity contribution is -0.143. The number of methoxy groups -OCH3 is 1. The van der Waals surface area contributed by atoms with Gasteiger partial charge in [0.1, 0.15) is 6.10 Å². The van der Waals surface area contributed by atoms with E-state index < -0.39 is 12.1 Å². The molecule has 0 radical (unpaired) electrons. The Hall–Kier alpha value is -2.01. The summed E-state index contributed by atoms with van der Waals surface area (Å²) in [6.07, 6.45) is 6.04. The van der Waals surface area contributed by atoms with Crippen molar-refractivity contribution in [1.82, 2.24) is 0 Å². The van der Waals surface area contributed by atoms with Gasteiger partial charge in [-0.15, -0.1) is 0 Å². The topological polar surface area (TPSA) is 54.0 Å². The molecule has 0 aromatic heterocycles. The predicted octanol–water partition coefficient (Wildman–Crippen LogP) is 5.12. The molecule has 0 bridgehead atoms. The average Bonchev–Trinajstić information content (AvgIpc) is 2.66. The lowest BCUT2D eigenvalue weighted by Crippen LogP contribution is -2.16. The monoisotopic (exact) mass is 376 g/mol. The Morgan fingerprint density at radius 3 is 2.59 bits per heavy atom. The van der Waals surface area contributed by atoms with Gasteiger partial charge in [0.05, 0.1) is 13.7 Å². The number of hydrogen-bond donors (Lipinski definition) is 0. The Kier molecular flexibility index (Phi) is 8.17. The summed E-state index contributed by atoms with van der Waals surface area (Å²) in [7, 11) is 1.60. The van der Waals surface area contributed by atoms with Gasteiger partial charge in [0, 0.05) is 5.57 Å². The van der Waals surface area contributed by atoms with E-state index in [-0.39, 0.29) is 6.79 Å². The molecular formula is C22H32O5. The van der Waals surface area contributed by atoms with E-state index in [4.69, 9.17) is 18.9 Å². The smallest absolute Gasteiger partial charge is 0.333 e. The number of esters is 1. The van der Waals surface area contributed by atoms with E-state index in [1.165, 1.54) is 32.1 Å². The lowest BCUT2D eigenvalue weighted by Gasteiger charge is -2.22. The second kappa shape index (κ2) is 10.4. The number of rotatable bonds is 9. The maximum Gasteiger partial charge on any atom is 0.333 e. The Morgan fingerprint density at radius 1 is 1.26 bits per heavy atom. The molecule has 1 saturated carbocycles. The zero-order chi connectivity index (χ0) is 19.8. The maximum absolute atomic E-state index is 11.7. The summed E-state index contributed by atoms with van der Waals surface area (Å²) in [5.41, 5.74) is 2.12. The van der Waals surface area contributed by atoms with Gasteiger partial charge in [0.25, 0.3) is 0 Å². The third-order valence-electron chi connectivity index (χ3n) is 4.95. The molecule has 1 fully saturated rings. The van der Waals surface area contributed by atoms with Gasteiger partial charge in [-0.3, -0.25) is 0 Å². The van der Waals surface area contributed by atoms with Gasteiger partial charge in [0.15, 0.2) is 18.3 Å². The van der Waals surface area contributed by atoms with E-state index in [0.717, 1.165) is 17.7 Å². The van der Waals surface area contributed by atoms with E-state index >= 15 is 0 Å². The fourth-order valence-corrected chi connectivity index (χ4v) is 3.34. The molecule has 5 heteroatoms. The van der Waals surface area contributed by atoms with Crippen molar-refractivity contribution >= 4 is 5.97 Å². The first-order valence-electron chi connectivity index (χ1n) is 9.68. The van der Waals surface area contributed by atoms with Crippen LogP contribution in [0, 0.1) is 12.8 Å². The van der Waals surface area contributed by atoms with Gasteiger partial charge in [-0.25, -0.2) is 4.79 Å². The van der Waals surface area contributed by atoms with Crippen molar-refractivity contribution in [2.45, 2.75) is 59.0 Å². The summed E-state index contributed by atoms with van der Waals surface area (Å²) in [4.78, 5) is 11.7. The summed E-state index contributed by atoms with van der Waals surface area (Å²) in [5, 5.41) is 0. The normalized spacial score (nSPS) is 15.9. The third kappa shape index (κ3) is 6.28. The predicted molar refractivity (Wildman–Crippen MR) is 105 cm³/mol. The fourth-order valence-electron chi connectivity index (χ4n) is 3.34. The molecule has 0 amide bonds. The molecule has 1 aromatic carbocycles. The summed E-state index contributed by atoms with van der Waals surface area (Å²) < 4.78 is 22.4. The van der Waals surface area contributed by atoms with Gasteiger partial charge in [-0.1, -0.05) is 25.8 Å². The Balaban J connectivity index is 1.96. The molecule has 150 valence electrons. The first-order valence-corrected chi connectivity index (χ1v) is 9.68. The van der Waals surface area contributed by atoms with E-state index in [2.05, 4.69) is 6.58 Å². The fraction of sp³-hybridized carbons (Fsp3) is 0.591. The average molecular weight is 376 g/mol. The first kappa shape index (κ1) is 21.3. The minimum absolute atomic E-state index is 0.202. The number of aryl methyl sites for hydroxylation is 1. The molecule has 0 saturated heterocycles. The SMILES string of the molecule is C=C(C)C(=O)OC(C)c1cc(C)c(OCOCC2CCCCC2)c(OC)c1. The molecule has 5 nitrogen and oxygen atoms in total.